The van der Waals surface area contributed by atoms with Gasteiger partial charge in [-0.1, -0.05) is 6.08 Å². The van der Waals surface area contributed by atoms with Crippen molar-refractivity contribution in [3.8, 4) is 0 Å². The van der Waals surface area contributed by atoms with E-state index in [0.29, 0.717) is 0 Å². The van der Waals surface area contributed by atoms with Gasteiger partial charge in [0.05, 0.1) is 6.61 Å². The van der Waals surface area contributed by atoms with Crippen LogP contribution in [0.15, 0.2) is 12.7 Å². The maximum absolute atomic E-state index is 11.3. The van der Waals surface area contributed by atoms with Gasteiger partial charge in [-0.2, -0.15) is 0 Å². The molecule has 1 saturated heterocycles. The highest BCUT2D eigenvalue weighted by Crippen LogP contribution is 2.27. The van der Waals surface area contributed by atoms with Crippen molar-refractivity contribution in [2.45, 2.75) is 51.5 Å². The minimum atomic E-state index is -1.43. The lowest BCUT2D eigenvalue weighted by atomic mass is 9.98. The molecule has 0 bridgehead atoms. The number of hydrogen-bond donors (Lipinski definition) is 1. The number of hydrogen-bond acceptors (Lipinski definition) is 9. The Morgan fingerprint density at radius 2 is 1.67 bits per heavy atom. The van der Waals surface area contributed by atoms with Crippen LogP contribution in [0.25, 0.3) is 0 Å². The van der Waals surface area contributed by atoms with Crippen LogP contribution in [-0.4, -0.2) is 66.9 Å². The van der Waals surface area contributed by atoms with E-state index >= 15 is 0 Å². The largest absolute Gasteiger partial charge is 0.463 e. The molecule has 0 amide bonds. The standard InChI is InChI=1S/C15H22O9/c1-5-6-20-15-14(23-10(4)18)12(19)13(22-9(3)17)11(24-15)7-21-8(2)16/h5,11-15,19H,1,6-7H2,2-4H3/t11-,12+,13-,14-,15+/m1/s1. The Bertz CT molecular complexity index is 474. The summed E-state index contributed by atoms with van der Waals surface area (Å²) in [5.74, 6) is -1.92. The first-order valence-electron chi connectivity index (χ1n) is 7.30. The highest BCUT2D eigenvalue weighted by molar-refractivity contribution is 5.67. The topological polar surface area (TPSA) is 118 Å². The Balaban J connectivity index is 3.00. The Kier molecular flexibility index (Phi) is 7.83. The number of carbonyl (C=O) groups is 3. The molecule has 0 aromatic rings. The van der Waals surface area contributed by atoms with E-state index in [2.05, 4.69) is 6.58 Å². The molecule has 136 valence electrons. The molecule has 9 nitrogen and oxygen atoms in total. The van der Waals surface area contributed by atoms with Gasteiger partial charge in [0.25, 0.3) is 0 Å². The second kappa shape index (κ2) is 9.36. The molecule has 0 saturated carbocycles. The number of aliphatic hydroxyl groups is 1. The molecular weight excluding hydrogens is 324 g/mol. The van der Waals surface area contributed by atoms with E-state index in [1.54, 1.807) is 0 Å². The highest BCUT2D eigenvalue weighted by atomic mass is 16.7. The number of ether oxygens (including phenoxy) is 5. The molecular formula is C15H22O9. The molecule has 0 aromatic heterocycles. The number of aliphatic hydroxyl groups excluding tert-OH is 1. The van der Waals surface area contributed by atoms with Crippen LogP contribution in [0.1, 0.15) is 20.8 Å². The van der Waals surface area contributed by atoms with Crippen LogP contribution in [0.5, 0.6) is 0 Å². The van der Waals surface area contributed by atoms with Crippen molar-refractivity contribution in [3.05, 3.63) is 12.7 Å². The molecule has 0 unspecified atom stereocenters. The summed E-state index contributed by atoms with van der Waals surface area (Å²) in [7, 11) is 0. The molecule has 0 spiro atoms. The molecule has 24 heavy (non-hydrogen) atoms. The Morgan fingerprint density at radius 1 is 1.08 bits per heavy atom. The minimum absolute atomic E-state index is 0.0632. The molecule has 0 radical (unpaired) electrons. The molecule has 0 aromatic carbocycles. The molecule has 0 aliphatic carbocycles. The van der Waals surface area contributed by atoms with Gasteiger partial charge in [0.2, 0.25) is 0 Å². The van der Waals surface area contributed by atoms with Crippen molar-refractivity contribution < 1.29 is 43.2 Å². The third-order valence-electron chi connectivity index (χ3n) is 3.05. The van der Waals surface area contributed by atoms with Crippen molar-refractivity contribution in [1.29, 1.82) is 0 Å². The average molecular weight is 346 g/mol. The predicted octanol–water partition coefficient (Wildman–Crippen LogP) is -0.299. The summed E-state index contributed by atoms with van der Waals surface area (Å²) in [6.45, 7) is 6.79. The van der Waals surface area contributed by atoms with E-state index < -0.39 is 48.6 Å². The Hall–Kier alpha value is -1.97. The molecule has 1 rings (SSSR count). The third-order valence-corrected chi connectivity index (χ3v) is 3.05. The third kappa shape index (κ3) is 5.91. The lowest BCUT2D eigenvalue weighted by Gasteiger charge is -2.42. The van der Waals surface area contributed by atoms with Gasteiger partial charge in [-0.25, -0.2) is 0 Å². The van der Waals surface area contributed by atoms with E-state index in [0.717, 1.165) is 13.8 Å². The summed E-state index contributed by atoms with van der Waals surface area (Å²) in [4.78, 5) is 33.5. The van der Waals surface area contributed by atoms with Crippen LogP contribution in [-0.2, 0) is 38.1 Å². The quantitative estimate of drug-likeness (QED) is 0.376. The fourth-order valence-corrected chi connectivity index (χ4v) is 2.18. The first kappa shape index (κ1) is 20.1. The van der Waals surface area contributed by atoms with E-state index in [1.165, 1.54) is 13.0 Å². The van der Waals surface area contributed by atoms with Gasteiger partial charge in [-0.05, 0) is 0 Å². The van der Waals surface area contributed by atoms with Crippen molar-refractivity contribution in [1.82, 2.24) is 0 Å². The van der Waals surface area contributed by atoms with Crippen molar-refractivity contribution in [2.75, 3.05) is 13.2 Å². The maximum Gasteiger partial charge on any atom is 0.303 e. The lowest BCUT2D eigenvalue weighted by molar-refractivity contribution is -0.304. The molecule has 1 heterocycles. The second-order valence-electron chi connectivity index (χ2n) is 5.11. The van der Waals surface area contributed by atoms with Crippen LogP contribution in [0.3, 0.4) is 0 Å². The van der Waals surface area contributed by atoms with Crippen molar-refractivity contribution in [3.63, 3.8) is 0 Å². The SMILES string of the molecule is C=CCO[C@H]1O[C@H](COC(C)=O)[C@@H](OC(C)=O)[C@H](O)[C@H]1OC(C)=O. The van der Waals surface area contributed by atoms with Crippen LogP contribution in [0.4, 0.5) is 0 Å². The summed E-state index contributed by atoms with van der Waals surface area (Å²) >= 11 is 0. The smallest absolute Gasteiger partial charge is 0.303 e. The van der Waals surface area contributed by atoms with Crippen molar-refractivity contribution >= 4 is 17.9 Å². The summed E-state index contributed by atoms with van der Waals surface area (Å²) in [6, 6.07) is 0. The fourth-order valence-electron chi connectivity index (χ4n) is 2.18. The second-order valence-corrected chi connectivity index (χ2v) is 5.11. The Morgan fingerprint density at radius 3 is 2.17 bits per heavy atom. The van der Waals surface area contributed by atoms with Crippen LogP contribution in [0.2, 0.25) is 0 Å². The minimum Gasteiger partial charge on any atom is -0.463 e. The van der Waals surface area contributed by atoms with Gasteiger partial charge >= 0.3 is 17.9 Å². The molecule has 1 aliphatic rings. The van der Waals surface area contributed by atoms with E-state index in [9.17, 15) is 19.5 Å². The zero-order chi connectivity index (χ0) is 18.3. The van der Waals surface area contributed by atoms with Crippen LogP contribution < -0.4 is 0 Å². The zero-order valence-electron chi connectivity index (χ0n) is 13.8. The maximum atomic E-state index is 11.3. The average Bonchev–Trinajstić information content (AvgIpc) is 2.48. The zero-order valence-corrected chi connectivity index (χ0v) is 13.8. The lowest BCUT2D eigenvalue weighted by Crippen LogP contribution is -2.61. The van der Waals surface area contributed by atoms with E-state index in [-0.39, 0.29) is 13.2 Å². The van der Waals surface area contributed by atoms with Gasteiger partial charge in [0.1, 0.15) is 18.8 Å². The van der Waals surface area contributed by atoms with E-state index in [4.69, 9.17) is 23.7 Å². The fraction of sp³-hybridized carbons (Fsp3) is 0.667. The summed E-state index contributed by atoms with van der Waals surface area (Å²) < 4.78 is 25.9. The Labute approximate surface area is 139 Å². The summed E-state index contributed by atoms with van der Waals surface area (Å²) in [6.07, 6.45) is -4.54. The highest BCUT2D eigenvalue weighted by Gasteiger charge is 2.49. The number of carbonyl (C=O) groups excluding carboxylic acids is 3. The first-order valence-corrected chi connectivity index (χ1v) is 7.30. The van der Waals surface area contributed by atoms with Crippen molar-refractivity contribution in [2.24, 2.45) is 0 Å². The molecule has 1 fully saturated rings. The van der Waals surface area contributed by atoms with Gasteiger partial charge < -0.3 is 28.8 Å². The number of rotatable bonds is 7. The number of esters is 3. The van der Waals surface area contributed by atoms with Gasteiger partial charge in [0, 0.05) is 20.8 Å². The molecule has 1 aliphatic heterocycles. The van der Waals surface area contributed by atoms with Gasteiger partial charge in [-0.15, -0.1) is 6.58 Å². The van der Waals surface area contributed by atoms with Gasteiger partial charge in [-0.3, -0.25) is 14.4 Å². The van der Waals surface area contributed by atoms with Crippen LogP contribution >= 0.6 is 0 Å². The molecule has 1 N–H and O–H groups in total. The first-order chi connectivity index (χ1) is 11.3. The van der Waals surface area contributed by atoms with E-state index in [1.807, 2.05) is 0 Å². The monoisotopic (exact) mass is 346 g/mol. The van der Waals surface area contributed by atoms with Crippen LogP contribution in [0, 0.1) is 0 Å². The summed E-state index contributed by atoms with van der Waals surface area (Å²) in [5, 5.41) is 10.5. The predicted molar refractivity (Wildman–Crippen MR) is 78.6 cm³/mol. The normalized spacial score (nSPS) is 29.4. The van der Waals surface area contributed by atoms with Gasteiger partial charge in [0.15, 0.2) is 18.5 Å². The molecule has 5 atom stereocenters. The summed E-state index contributed by atoms with van der Waals surface area (Å²) in [5.41, 5.74) is 0. The molecule has 9 heteroatoms.